The van der Waals surface area contributed by atoms with Crippen molar-refractivity contribution in [3.05, 3.63) is 29.3 Å². The van der Waals surface area contributed by atoms with Crippen LogP contribution in [0.4, 0.5) is 5.69 Å². The lowest BCUT2D eigenvalue weighted by Crippen LogP contribution is -2.47. The number of rotatable bonds is 4. The van der Waals surface area contributed by atoms with Gasteiger partial charge in [-0.2, -0.15) is 0 Å². The van der Waals surface area contributed by atoms with E-state index in [1.54, 1.807) is 0 Å². The third-order valence-corrected chi connectivity index (χ3v) is 4.43. The number of carbonyl (C=O) groups excluding carboxylic acids is 1. The van der Waals surface area contributed by atoms with Gasteiger partial charge in [-0.1, -0.05) is 6.07 Å². The first kappa shape index (κ1) is 13.6. The van der Waals surface area contributed by atoms with Crippen molar-refractivity contribution in [1.82, 2.24) is 10.6 Å². The highest BCUT2D eigenvalue weighted by atomic mass is 16.1. The van der Waals surface area contributed by atoms with E-state index < -0.39 is 0 Å². The molecule has 4 heteroatoms. The maximum atomic E-state index is 12.0. The minimum absolute atomic E-state index is 0.0380. The number of fused-ring (bicyclic) bond motifs is 1. The van der Waals surface area contributed by atoms with Crippen molar-refractivity contribution in [2.45, 2.75) is 38.1 Å². The summed E-state index contributed by atoms with van der Waals surface area (Å²) in [5.74, 6) is 0.0380. The molecule has 1 aliphatic carbocycles. The summed E-state index contributed by atoms with van der Waals surface area (Å²) >= 11 is 0. The molecule has 108 valence electrons. The molecule has 1 aromatic carbocycles. The standard InChI is InChI=1S/C16H23N3O/c1-16(7-8-17-11-16)18-10-15(20)19-14-6-5-12-3-2-4-13(12)9-14/h5-6,9,17-18H,2-4,7-8,10-11H2,1H3,(H,19,20). The van der Waals surface area contributed by atoms with Crippen molar-refractivity contribution < 1.29 is 4.79 Å². The Morgan fingerprint density at radius 3 is 3.00 bits per heavy atom. The van der Waals surface area contributed by atoms with Crippen molar-refractivity contribution in [2.75, 3.05) is 25.0 Å². The summed E-state index contributed by atoms with van der Waals surface area (Å²) in [5, 5.41) is 9.67. The molecule has 2 aliphatic rings. The average Bonchev–Trinajstić information content (AvgIpc) is 3.05. The molecule has 1 aliphatic heterocycles. The smallest absolute Gasteiger partial charge is 0.238 e. The highest BCUT2D eigenvalue weighted by molar-refractivity contribution is 5.92. The zero-order chi connectivity index (χ0) is 14.0. The third kappa shape index (κ3) is 3.02. The highest BCUT2D eigenvalue weighted by Gasteiger charge is 2.28. The van der Waals surface area contributed by atoms with Gasteiger partial charge in [0.15, 0.2) is 0 Å². The van der Waals surface area contributed by atoms with E-state index >= 15 is 0 Å². The Labute approximate surface area is 120 Å². The first-order valence-corrected chi connectivity index (χ1v) is 7.52. The van der Waals surface area contributed by atoms with Crippen LogP contribution in [0.5, 0.6) is 0 Å². The van der Waals surface area contributed by atoms with Crippen LogP contribution >= 0.6 is 0 Å². The number of carbonyl (C=O) groups is 1. The number of anilines is 1. The molecule has 1 saturated heterocycles. The van der Waals surface area contributed by atoms with E-state index in [9.17, 15) is 4.79 Å². The van der Waals surface area contributed by atoms with Gasteiger partial charge in [0, 0.05) is 17.8 Å². The Balaban J connectivity index is 1.53. The van der Waals surface area contributed by atoms with Crippen molar-refractivity contribution in [3.63, 3.8) is 0 Å². The molecule has 1 fully saturated rings. The Morgan fingerprint density at radius 2 is 2.20 bits per heavy atom. The SMILES string of the molecule is CC1(NCC(=O)Nc2ccc3c(c2)CCC3)CCNC1. The second-order valence-electron chi connectivity index (χ2n) is 6.23. The van der Waals surface area contributed by atoms with Crippen LogP contribution in [0.3, 0.4) is 0 Å². The largest absolute Gasteiger partial charge is 0.325 e. The number of hydrogen-bond donors (Lipinski definition) is 3. The lowest BCUT2D eigenvalue weighted by molar-refractivity contribution is -0.115. The van der Waals surface area contributed by atoms with Gasteiger partial charge in [-0.15, -0.1) is 0 Å². The van der Waals surface area contributed by atoms with Crippen LogP contribution in [-0.4, -0.2) is 31.1 Å². The summed E-state index contributed by atoms with van der Waals surface area (Å²) in [5.41, 5.74) is 3.80. The predicted molar refractivity (Wildman–Crippen MR) is 81.0 cm³/mol. The number of aryl methyl sites for hydroxylation is 2. The molecule has 3 rings (SSSR count). The predicted octanol–water partition coefficient (Wildman–Crippen LogP) is 1.46. The molecule has 0 saturated carbocycles. The Bertz CT molecular complexity index is 506. The van der Waals surface area contributed by atoms with Crippen LogP contribution in [0.15, 0.2) is 18.2 Å². The molecule has 20 heavy (non-hydrogen) atoms. The molecular weight excluding hydrogens is 250 g/mol. The van der Waals surface area contributed by atoms with Crippen molar-refractivity contribution in [1.29, 1.82) is 0 Å². The Morgan fingerprint density at radius 1 is 1.35 bits per heavy atom. The monoisotopic (exact) mass is 273 g/mol. The normalized spacial score (nSPS) is 24.6. The first-order chi connectivity index (χ1) is 9.65. The van der Waals surface area contributed by atoms with Crippen molar-refractivity contribution in [3.8, 4) is 0 Å². The summed E-state index contributed by atoms with van der Waals surface area (Å²) in [6.07, 6.45) is 4.62. The minimum atomic E-state index is 0.0380. The van der Waals surface area contributed by atoms with Crippen LogP contribution in [0.1, 0.15) is 30.9 Å². The maximum Gasteiger partial charge on any atom is 0.238 e. The van der Waals surface area contributed by atoms with Crippen LogP contribution < -0.4 is 16.0 Å². The van der Waals surface area contributed by atoms with Crippen LogP contribution in [0.2, 0.25) is 0 Å². The van der Waals surface area contributed by atoms with Crippen LogP contribution in [0, 0.1) is 0 Å². The van der Waals surface area contributed by atoms with Gasteiger partial charge in [-0.05, 0) is 62.4 Å². The topological polar surface area (TPSA) is 53.2 Å². The fraction of sp³-hybridized carbons (Fsp3) is 0.562. The summed E-state index contributed by atoms with van der Waals surface area (Å²) in [6.45, 7) is 4.49. The first-order valence-electron chi connectivity index (χ1n) is 7.52. The van der Waals surface area contributed by atoms with Gasteiger partial charge in [-0.25, -0.2) is 0 Å². The van der Waals surface area contributed by atoms with E-state index in [2.05, 4.69) is 35.0 Å². The van der Waals surface area contributed by atoms with E-state index in [4.69, 9.17) is 0 Å². The molecule has 0 bridgehead atoms. The molecular formula is C16H23N3O. The van der Waals surface area contributed by atoms with Gasteiger partial charge in [-0.3, -0.25) is 4.79 Å². The number of hydrogen-bond acceptors (Lipinski definition) is 3. The van der Waals surface area contributed by atoms with Crippen molar-refractivity contribution >= 4 is 11.6 Å². The van der Waals surface area contributed by atoms with Gasteiger partial charge in [0.05, 0.1) is 6.54 Å². The molecule has 0 aromatic heterocycles. The molecule has 1 amide bonds. The molecule has 0 radical (unpaired) electrons. The number of benzene rings is 1. The van der Waals surface area contributed by atoms with E-state index in [0.29, 0.717) is 6.54 Å². The van der Waals surface area contributed by atoms with Gasteiger partial charge in [0.2, 0.25) is 5.91 Å². The Kier molecular flexibility index (Phi) is 3.76. The van der Waals surface area contributed by atoms with E-state index in [1.807, 2.05) is 6.07 Å². The number of amides is 1. The Hall–Kier alpha value is -1.39. The fourth-order valence-corrected chi connectivity index (χ4v) is 3.12. The van der Waals surface area contributed by atoms with E-state index in [1.165, 1.54) is 24.0 Å². The summed E-state index contributed by atoms with van der Waals surface area (Å²) in [7, 11) is 0. The maximum absolute atomic E-state index is 12.0. The molecule has 1 unspecified atom stereocenters. The minimum Gasteiger partial charge on any atom is -0.325 e. The highest BCUT2D eigenvalue weighted by Crippen LogP contribution is 2.24. The molecule has 3 N–H and O–H groups in total. The zero-order valence-corrected chi connectivity index (χ0v) is 12.1. The molecule has 1 heterocycles. The second-order valence-corrected chi connectivity index (χ2v) is 6.23. The average molecular weight is 273 g/mol. The van der Waals surface area contributed by atoms with Crippen LogP contribution in [-0.2, 0) is 17.6 Å². The summed E-state index contributed by atoms with van der Waals surface area (Å²) < 4.78 is 0. The second kappa shape index (κ2) is 5.54. The fourth-order valence-electron chi connectivity index (χ4n) is 3.12. The quantitative estimate of drug-likeness (QED) is 0.778. The molecule has 1 atom stereocenters. The number of nitrogens with one attached hydrogen (secondary N) is 3. The van der Waals surface area contributed by atoms with Gasteiger partial charge in [0.25, 0.3) is 0 Å². The molecule has 1 aromatic rings. The molecule has 4 nitrogen and oxygen atoms in total. The lowest BCUT2D eigenvalue weighted by Gasteiger charge is -2.24. The van der Waals surface area contributed by atoms with E-state index in [-0.39, 0.29) is 11.4 Å². The van der Waals surface area contributed by atoms with Gasteiger partial charge in [0.1, 0.15) is 0 Å². The lowest BCUT2D eigenvalue weighted by atomic mass is 10.0. The summed E-state index contributed by atoms with van der Waals surface area (Å²) in [4.78, 5) is 12.0. The van der Waals surface area contributed by atoms with Gasteiger partial charge < -0.3 is 16.0 Å². The van der Waals surface area contributed by atoms with E-state index in [0.717, 1.165) is 31.6 Å². The van der Waals surface area contributed by atoms with Crippen molar-refractivity contribution in [2.24, 2.45) is 0 Å². The molecule has 0 spiro atoms. The van der Waals surface area contributed by atoms with Gasteiger partial charge >= 0.3 is 0 Å². The zero-order valence-electron chi connectivity index (χ0n) is 12.1. The summed E-state index contributed by atoms with van der Waals surface area (Å²) in [6, 6.07) is 6.29. The van der Waals surface area contributed by atoms with Crippen LogP contribution in [0.25, 0.3) is 0 Å². The third-order valence-electron chi connectivity index (χ3n) is 4.43.